The van der Waals surface area contributed by atoms with Gasteiger partial charge in [-0.1, -0.05) is 6.07 Å². The second-order valence-corrected chi connectivity index (χ2v) is 4.66. The van der Waals surface area contributed by atoms with Crippen LogP contribution in [-0.4, -0.2) is 9.55 Å². The summed E-state index contributed by atoms with van der Waals surface area (Å²) < 4.78 is 2.13. The van der Waals surface area contributed by atoms with E-state index in [0.29, 0.717) is 0 Å². The van der Waals surface area contributed by atoms with Crippen LogP contribution in [0.25, 0.3) is 0 Å². The van der Waals surface area contributed by atoms with Crippen LogP contribution in [0.4, 0.5) is 0 Å². The van der Waals surface area contributed by atoms with Crippen LogP contribution >= 0.6 is 11.3 Å². The Labute approximate surface area is 93.6 Å². The number of nitrogens with two attached hydrogens (primary N) is 1. The number of aryl methyl sites for hydroxylation is 2. The fourth-order valence-corrected chi connectivity index (χ4v) is 2.28. The molecule has 0 radical (unpaired) electrons. The van der Waals surface area contributed by atoms with Crippen molar-refractivity contribution in [2.75, 3.05) is 0 Å². The Kier molecular flexibility index (Phi) is 3.18. The molecule has 0 saturated heterocycles. The first-order valence-corrected chi connectivity index (χ1v) is 5.93. The zero-order valence-electron chi connectivity index (χ0n) is 8.76. The number of hydrogen-bond acceptors (Lipinski definition) is 3. The Morgan fingerprint density at radius 1 is 1.60 bits per heavy atom. The average Bonchev–Trinajstić information content (AvgIpc) is 2.86. The lowest BCUT2D eigenvalue weighted by molar-refractivity contribution is 0.627. The number of aromatic nitrogens is 2. The van der Waals surface area contributed by atoms with Gasteiger partial charge in [-0.3, -0.25) is 0 Å². The van der Waals surface area contributed by atoms with E-state index in [4.69, 9.17) is 5.73 Å². The first kappa shape index (κ1) is 10.4. The summed E-state index contributed by atoms with van der Waals surface area (Å²) in [6.45, 7) is 2.94. The molecule has 0 bridgehead atoms. The standard InChI is InChI=1S/C11H15N3S/c1-9(12)11-7-13-8-14(11)5-4-10-3-2-6-15-10/h2-3,6-9H,4-5,12H2,1H3. The van der Waals surface area contributed by atoms with Crippen LogP contribution in [0.2, 0.25) is 0 Å². The second-order valence-electron chi connectivity index (χ2n) is 3.63. The summed E-state index contributed by atoms with van der Waals surface area (Å²) in [7, 11) is 0. The SMILES string of the molecule is CC(N)c1cncn1CCc1cccs1. The van der Waals surface area contributed by atoms with Gasteiger partial charge in [-0.25, -0.2) is 4.98 Å². The topological polar surface area (TPSA) is 43.8 Å². The Bertz CT molecular complexity index is 403. The molecule has 15 heavy (non-hydrogen) atoms. The van der Waals surface area contributed by atoms with Crippen LogP contribution in [0.3, 0.4) is 0 Å². The van der Waals surface area contributed by atoms with Crippen LogP contribution in [-0.2, 0) is 13.0 Å². The van der Waals surface area contributed by atoms with Gasteiger partial charge in [0.1, 0.15) is 0 Å². The van der Waals surface area contributed by atoms with Crippen molar-refractivity contribution in [1.82, 2.24) is 9.55 Å². The predicted octanol–water partition coefficient (Wildman–Crippen LogP) is 2.21. The lowest BCUT2D eigenvalue weighted by Crippen LogP contribution is -2.12. The molecule has 2 rings (SSSR count). The molecule has 2 aromatic rings. The van der Waals surface area contributed by atoms with Crippen molar-refractivity contribution in [3.63, 3.8) is 0 Å². The Hall–Kier alpha value is -1.13. The molecule has 2 N–H and O–H groups in total. The van der Waals surface area contributed by atoms with Gasteiger partial charge >= 0.3 is 0 Å². The van der Waals surface area contributed by atoms with E-state index < -0.39 is 0 Å². The van der Waals surface area contributed by atoms with E-state index >= 15 is 0 Å². The van der Waals surface area contributed by atoms with Crippen LogP contribution < -0.4 is 5.73 Å². The fourth-order valence-electron chi connectivity index (χ4n) is 1.58. The van der Waals surface area contributed by atoms with Crippen LogP contribution in [0, 0.1) is 0 Å². The minimum atomic E-state index is 0.0517. The molecule has 1 atom stereocenters. The molecule has 0 fully saturated rings. The molecular weight excluding hydrogens is 206 g/mol. The molecule has 0 saturated carbocycles. The average molecular weight is 221 g/mol. The Morgan fingerprint density at radius 2 is 2.47 bits per heavy atom. The molecule has 2 aromatic heterocycles. The van der Waals surface area contributed by atoms with Crippen molar-refractivity contribution < 1.29 is 0 Å². The summed E-state index contributed by atoms with van der Waals surface area (Å²) in [5.74, 6) is 0. The van der Waals surface area contributed by atoms with E-state index in [2.05, 4.69) is 27.1 Å². The van der Waals surface area contributed by atoms with Gasteiger partial charge in [0, 0.05) is 23.7 Å². The summed E-state index contributed by atoms with van der Waals surface area (Å²) in [6, 6.07) is 4.30. The second kappa shape index (κ2) is 4.59. The number of imidazole rings is 1. The molecule has 0 aliphatic heterocycles. The third-order valence-electron chi connectivity index (χ3n) is 2.39. The first-order chi connectivity index (χ1) is 7.27. The lowest BCUT2D eigenvalue weighted by atomic mass is 10.2. The largest absolute Gasteiger partial charge is 0.333 e. The van der Waals surface area contributed by atoms with E-state index in [1.165, 1.54) is 4.88 Å². The van der Waals surface area contributed by atoms with Gasteiger partial charge in [0.25, 0.3) is 0 Å². The maximum absolute atomic E-state index is 5.85. The van der Waals surface area contributed by atoms with Gasteiger partial charge in [0.2, 0.25) is 0 Å². The van der Waals surface area contributed by atoms with E-state index in [1.807, 2.05) is 19.4 Å². The monoisotopic (exact) mass is 221 g/mol. The first-order valence-electron chi connectivity index (χ1n) is 5.05. The summed E-state index contributed by atoms with van der Waals surface area (Å²) in [4.78, 5) is 5.53. The summed E-state index contributed by atoms with van der Waals surface area (Å²) in [5.41, 5.74) is 6.95. The summed E-state index contributed by atoms with van der Waals surface area (Å²) in [5, 5.41) is 2.11. The molecule has 80 valence electrons. The van der Waals surface area contributed by atoms with Gasteiger partial charge in [-0.15, -0.1) is 11.3 Å². The molecule has 3 nitrogen and oxygen atoms in total. The van der Waals surface area contributed by atoms with Crippen molar-refractivity contribution in [2.24, 2.45) is 5.73 Å². The highest BCUT2D eigenvalue weighted by Crippen LogP contribution is 2.13. The molecule has 0 aliphatic rings. The van der Waals surface area contributed by atoms with Gasteiger partial charge in [0.05, 0.1) is 12.0 Å². The normalized spacial score (nSPS) is 12.9. The number of nitrogens with zero attached hydrogens (tertiary/aromatic N) is 2. The van der Waals surface area contributed by atoms with E-state index in [-0.39, 0.29) is 6.04 Å². The van der Waals surface area contributed by atoms with E-state index in [0.717, 1.165) is 18.7 Å². The van der Waals surface area contributed by atoms with Gasteiger partial charge in [-0.05, 0) is 24.8 Å². The van der Waals surface area contributed by atoms with Crippen molar-refractivity contribution in [3.05, 3.63) is 40.6 Å². The third-order valence-corrected chi connectivity index (χ3v) is 3.33. The van der Waals surface area contributed by atoms with Crippen molar-refractivity contribution in [1.29, 1.82) is 0 Å². The van der Waals surface area contributed by atoms with Gasteiger partial charge in [0.15, 0.2) is 0 Å². The molecule has 0 amide bonds. The zero-order valence-corrected chi connectivity index (χ0v) is 9.57. The number of thiophene rings is 1. The predicted molar refractivity (Wildman–Crippen MR) is 62.9 cm³/mol. The highest BCUT2D eigenvalue weighted by molar-refractivity contribution is 7.09. The fraction of sp³-hybridized carbons (Fsp3) is 0.364. The molecule has 0 aromatic carbocycles. The van der Waals surface area contributed by atoms with Crippen molar-refractivity contribution in [3.8, 4) is 0 Å². The number of hydrogen-bond donors (Lipinski definition) is 1. The molecule has 0 aliphatic carbocycles. The van der Waals surface area contributed by atoms with Crippen molar-refractivity contribution in [2.45, 2.75) is 25.9 Å². The summed E-state index contributed by atoms with van der Waals surface area (Å²) in [6.07, 6.45) is 4.75. The van der Waals surface area contributed by atoms with E-state index in [9.17, 15) is 0 Å². The third kappa shape index (κ3) is 2.46. The lowest BCUT2D eigenvalue weighted by Gasteiger charge is -2.09. The Morgan fingerprint density at radius 3 is 3.13 bits per heavy atom. The maximum atomic E-state index is 5.85. The minimum Gasteiger partial charge on any atom is -0.333 e. The maximum Gasteiger partial charge on any atom is 0.0948 e. The molecule has 0 spiro atoms. The molecular formula is C11H15N3S. The molecule has 2 heterocycles. The summed E-state index contributed by atoms with van der Waals surface area (Å²) >= 11 is 1.79. The highest BCUT2D eigenvalue weighted by atomic mass is 32.1. The number of rotatable bonds is 4. The van der Waals surface area contributed by atoms with Crippen molar-refractivity contribution >= 4 is 11.3 Å². The Balaban J connectivity index is 2.02. The highest BCUT2D eigenvalue weighted by Gasteiger charge is 2.06. The minimum absolute atomic E-state index is 0.0517. The quantitative estimate of drug-likeness (QED) is 0.860. The zero-order chi connectivity index (χ0) is 10.7. The van der Waals surface area contributed by atoms with Crippen LogP contribution in [0.5, 0.6) is 0 Å². The smallest absolute Gasteiger partial charge is 0.0948 e. The van der Waals surface area contributed by atoms with Gasteiger partial charge < -0.3 is 10.3 Å². The molecule has 1 unspecified atom stereocenters. The van der Waals surface area contributed by atoms with Crippen LogP contribution in [0.1, 0.15) is 23.5 Å². The van der Waals surface area contributed by atoms with Crippen LogP contribution in [0.15, 0.2) is 30.0 Å². The molecule has 4 heteroatoms. The van der Waals surface area contributed by atoms with E-state index in [1.54, 1.807) is 11.3 Å². The van der Waals surface area contributed by atoms with Gasteiger partial charge in [-0.2, -0.15) is 0 Å².